The number of aromatic nitrogens is 2. The minimum absolute atomic E-state index is 0.747. The lowest BCUT2D eigenvalue weighted by atomic mass is 10.3. The molecule has 0 bridgehead atoms. The Morgan fingerprint density at radius 2 is 2.33 bits per heavy atom. The molecule has 0 atom stereocenters. The lowest BCUT2D eigenvalue weighted by Crippen LogP contribution is -1.93. The van der Waals surface area contributed by atoms with Crippen molar-refractivity contribution in [3.05, 3.63) is 39.7 Å². The summed E-state index contributed by atoms with van der Waals surface area (Å²) in [7, 11) is 0. The molecule has 6 heteroatoms. The van der Waals surface area contributed by atoms with Crippen LogP contribution in [0.1, 0.15) is 9.75 Å². The van der Waals surface area contributed by atoms with Crippen molar-refractivity contribution in [3.63, 3.8) is 0 Å². The Hall–Kier alpha value is -1.79. The van der Waals surface area contributed by atoms with Crippen molar-refractivity contribution < 1.29 is 0 Å². The molecule has 0 aromatic carbocycles. The average Bonchev–Trinajstić information content (AvgIpc) is 2.97. The third-order valence-electron chi connectivity index (χ3n) is 2.36. The van der Waals surface area contributed by atoms with Crippen LogP contribution in [0, 0.1) is 6.92 Å². The van der Waals surface area contributed by atoms with E-state index in [1.165, 1.54) is 4.88 Å². The van der Waals surface area contributed by atoms with Crippen LogP contribution in [-0.2, 0) is 0 Å². The molecular formula is C12H10N4S2. The second kappa shape index (κ2) is 4.83. The Kier molecular flexibility index (Phi) is 3.04. The standard InChI is InChI=1S/C12H10N4S2/c1-8-5-10-11(13-7-14-12(10)18-8)16-15-6-9-3-2-4-17-9/h2-7H,1H3,(H,13,14,16)/b15-6-. The van der Waals surface area contributed by atoms with Gasteiger partial charge in [0, 0.05) is 9.75 Å². The Morgan fingerprint density at radius 3 is 3.17 bits per heavy atom. The Labute approximate surface area is 112 Å². The topological polar surface area (TPSA) is 50.2 Å². The van der Waals surface area contributed by atoms with Crippen LogP contribution in [0.15, 0.2) is 35.0 Å². The number of thiophene rings is 2. The summed E-state index contributed by atoms with van der Waals surface area (Å²) in [5, 5.41) is 7.23. The minimum Gasteiger partial charge on any atom is -0.261 e. The quantitative estimate of drug-likeness (QED) is 0.587. The highest BCUT2D eigenvalue weighted by molar-refractivity contribution is 7.18. The van der Waals surface area contributed by atoms with E-state index in [4.69, 9.17) is 0 Å². The summed E-state index contributed by atoms with van der Waals surface area (Å²) in [6.45, 7) is 2.06. The van der Waals surface area contributed by atoms with Gasteiger partial charge in [-0.15, -0.1) is 22.7 Å². The van der Waals surface area contributed by atoms with Crippen molar-refractivity contribution in [2.45, 2.75) is 6.92 Å². The molecule has 0 saturated carbocycles. The first kappa shape index (κ1) is 11.3. The molecule has 3 aromatic rings. The summed E-state index contributed by atoms with van der Waals surface area (Å²) in [4.78, 5) is 11.8. The van der Waals surface area contributed by atoms with Gasteiger partial charge >= 0.3 is 0 Å². The van der Waals surface area contributed by atoms with E-state index in [-0.39, 0.29) is 0 Å². The molecule has 0 fully saturated rings. The zero-order chi connectivity index (χ0) is 12.4. The van der Waals surface area contributed by atoms with E-state index in [9.17, 15) is 0 Å². The Bertz CT molecular complexity index is 685. The van der Waals surface area contributed by atoms with Gasteiger partial charge in [0.15, 0.2) is 5.82 Å². The van der Waals surface area contributed by atoms with E-state index in [2.05, 4.69) is 33.5 Å². The molecule has 0 unspecified atom stereocenters. The Morgan fingerprint density at radius 1 is 1.39 bits per heavy atom. The highest BCUT2D eigenvalue weighted by Crippen LogP contribution is 2.27. The summed E-state index contributed by atoms with van der Waals surface area (Å²) in [5.74, 6) is 0.747. The van der Waals surface area contributed by atoms with Crippen LogP contribution >= 0.6 is 22.7 Å². The first-order valence-corrected chi connectivity index (χ1v) is 7.06. The number of anilines is 1. The maximum atomic E-state index is 4.24. The summed E-state index contributed by atoms with van der Waals surface area (Å²) < 4.78 is 0. The highest BCUT2D eigenvalue weighted by atomic mass is 32.1. The lowest BCUT2D eigenvalue weighted by molar-refractivity contribution is 1.19. The van der Waals surface area contributed by atoms with E-state index in [0.29, 0.717) is 0 Å². The number of hydrogen-bond acceptors (Lipinski definition) is 6. The number of rotatable bonds is 3. The van der Waals surface area contributed by atoms with Gasteiger partial charge in [0.05, 0.1) is 11.6 Å². The molecule has 0 aliphatic heterocycles. The van der Waals surface area contributed by atoms with E-state index in [0.717, 1.165) is 20.9 Å². The van der Waals surface area contributed by atoms with Gasteiger partial charge in [-0.25, -0.2) is 9.97 Å². The first-order valence-electron chi connectivity index (χ1n) is 5.36. The van der Waals surface area contributed by atoms with Crippen LogP contribution in [0.25, 0.3) is 10.2 Å². The van der Waals surface area contributed by atoms with Crippen molar-refractivity contribution in [2.75, 3.05) is 5.43 Å². The number of hydrazone groups is 1. The third-order valence-corrected chi connectivity index (χ3v) is 4.12. The number of nitrogens with one attached hydrogen (secondary N) is 1. The number of aryl methyl sites for hydroxylation is 1. The van der Waals surface area contributed by atoms with Crippen LogP contribution < -0.4 is 5.43 Å². The largest absolute Gasteiger partial charge is 0.261 e. The zero-order valence-electron chi connectivity index (χ0n) is 9.62. The van der Waals surface area contributed by atoms with Crippen LogP contribution in [0.5, 0.6) is 0 Å². The van der Waals surface area contributed by atoms with E-state index in [1.54, 1.807) is 35.2 Å². The average molecular weight is 274 g/mol. The Balaban J connectivity index is 1.86. The predicted molar refractivity (Wildman–Crippen MR) is 77.7 cm³/mol. The van der Waals surface area contributed by atoms with Gasteiger partial charge < -0.3 is 0 Å². The number of fused-ring (bicyclic) bond motifs is 1. The molecule has 0 radical (unpaired) electrons. The van der Waals surface area contributed by atoms with Gasteiger partial charge in [0.25, 0.3) is 0 Å². The molecule has 0 spiro atoms. The molecule has 18 heavy (non-hydrogen) atoms. The van der Waals surface area contributed by atoms with Gasteiger partial charge in [0.2, 0.25) is 0 Å². The van der Waals surface area contributed by atoms with Crippen molar-refractivity contribution in [3.8, 4) is 0 Å². The normalized spacial score (nSPS) is 11.4. The van der Waals surface area contributed by atoms with Crippen molar-refractivity contribution in [2.24, 2.45) is 5.10 Å². The molecule has 3 rings (SSSR count). The SMILES string of the molecule is Cc1cc2c(N/N=C\c3cccs3)ncnc2s1. The van der Waals surface area contributed by atoms with E-state index < -0.39 is 0 Å². The molecule has 90 valence electrons. The van der Waals surface area contributed by atoms with Crippen molar-refractivity contribution in [1.29, 1.82) is 0 Å². The summed E-state index contributed by atoms with van der Waals surface area (Å²) >= 11 is 3.30. The fraction of sp³-hybridized carbons (Fsp3) is 0.0833. The summed E-state index contributed by atoms with van der Waals surface area (Å²) in [6.07, 6.45) is 3.35. The van der Waals surface area contributed by atoms with E-state index in [1.807, 2.05) is 17.5 Å². The van der Waals surface area contributed by atoms with Crippen LogP contribution in [0.3, 0.4) is 0 Å². The molecule has 4 nitrogen and oxygen atoms in total. The molecule has 0 saturated heterocycles. The monoisotopic (exact) mass is 274 g/mol. The molecule has 0 aliphatic carbocycles. The molecule has 1 N–H and O–H groups in total. The fourth-order valence-corrected chi connectivity index (χ4v) is 3.02. The van der Waals surface area contributed by atoms with Crippen LogP contribution in [-0.4, -0.2) is 16.2 Å². The van der Waals surface area contributed by atoms with E-state index >= 15 is 0 Å². The van der Waals surface area contributed by atoms with Crippen molar-refractivity contribution in [1.82, 2.24) is 9.97 Å². The van der Waals surface area contributed by atoms with Crippen LogP contribution in [0.4, 0.5) is 5.82 Å². The number of hydrogen-bond donors (Lipinski definition) is 1. The number of nitrogens with zero attached hydrogens (tertiary/aromatic N) is 3. The van der Waals surface area contributed by atoms with Gasteiger partial charge in [-0.2, -0.15) is 5.10 Å². The highest BCUT2D eigenvalue weighted by Gasteiger charge is 2.05. The second-order valence-electron chi connectivity index (χ2n) is 3.68. The maximum Gasteiger partial charge on any atom is 0.158 e. The molecule has 0 amide bonds. The van der Waals surface area contributed by atoms with Gasteiger partial charge in [-0.05, 0) is 24.4 Å². The summed E-state index contributed by atoms with van der Waals surface area (Å²) in [6, 6.07) is 6.08. The minimum atomic E-state index is 0.747. The fourth-order valence-electron chi connectivity index (χ4n) is 1.59. The molecular weight excluding hydrogens is 264 g/mol. The van der Waals surface area contributed by atoms with Gasteiger partial charge in [-0.1, -0.05) is 6.07 Å². The summed E-state index contributed by atoms with van der Waals surface area (Å²) in [5.41, 5.74) is 2.97. The molecule has 0 aliphatic rings. The van der Waals surface area contributed by atoms with Gasteiger partial charge in [-0.3, -0.25) is 5.43 Å². The maximum absolute atomic E-state index is 4.24. The van der Waals surface area contributed by atoms with Crippen LogP contribution in [0.2, 0.25) is 0 Å². The second-order valence-corrected chi connectivity index (χ2v) is 5.90. The van der Waals surface area contributed by atoms with Gasteiger partial charge in [0.1, 0.15) is 11.2 Å². The predicted octanol–water partition coefficient (Wildman–Crippen LogP) is 3.51. The first-order chi connectivity index (χ1) is 8.83. The zero-order valence-corrected chi connectivity index (χ0v) is 11.3. The smallest absolute Gasteiger partial charge is 0.158 e. The molecule has 3 aromatic heterocycles. The third kappa shape index (κ3) is 2.25. The van der Waals surface area contributed by atoms with Crippen molar-refractivity contribution >= 4 is 44.9 Å². The molecule has 3 heterocycles. The lowest BCUT2D eigenvalue weighted by Gasteiger charge is -1.99.